The largest absolute Gasteiger partial charge is 0.476 e. The zero-order valence-corrected chi connectivity index (χ0v) is 14.9. The van der Waals surface area contributed by atoms with Gasteiger partial charge in [0, 0.05) is 13.6 Å². The number of oxazole rings is 1. The molecule has 0 bridgehead atoms. The van der Waals surface area contributed by atoms with E-state index in [0.717, 1.165) is 12.9 Å². The van der Waals surface area contributed by atoms with Crippen molar-refractivity contribution in [2.75, 3.05) is 0 Å². The summed E-state index contributed by atoms with van der Waals surface area (Å²) in [6, 6.07) is 9.32. The molecule has 0 aliphatic carbocycles. The highest BCUT2D eigenvalue weighted by Gasteiger charge is 2.23. The first kappa shape index (κ1) is 14.7. The highest BCUT2D eigenvalue weighted by molar-refractivity contribution is 14.1. The average molecular weight is 476 g/mol. The second-order valence-electron chi connectivity index (χ2n) is 4.10. The number of carboxylic acid groups (broad SMARTS) is 1. The van der Waals surface area contributed by atoms with Crippen molar-refractivity contribution in [1.82, 2.24) is 4.98 Å². The van der Waals surface area contributed by atoms with Gasteiger partial charge in [-0.25, -0.2) is 9.78 Å². The fourth-order valence-electron chi connectivity index (χ4n) is 1.82. The van der Waals surface area contributed by atoms with Crippen LogP contribution in [0.5, 0.6) is 0 Å². The summed E-state index contributed by atoms with van der Waals surface area (Å²) < 4.78 is 7.48. The van der Waals surface area contributed by atoms with E-state index in [2.05, 4.69) is 43.5 Å². The van der Waals surface area contributed by atoms with E-state index in [1.807, 2.05) is 35.7 Å². The molecule has 3 rings (SSSR count). The van der Waals surface area contributed by atoms with E-state index in [4.69, 9.17) is 4.42 Å². The third-order valence-electron chi connectivity index (χ3n) is 2.73. The van der Waals surface area contributed by atoms with Gasteiger partial charge >= 0.3 is 5.97 Å². The minimum Gasteiger partial charge on any atom is -0.476 e. The number of nitrogens with zero attached hydrogens (tertiary/aromatic N) is 1. The number of rotatable bonds is 3. The molecule has 2 aromatic heterocycles. The lowest BCUT2D eigenvalue weighted by atomic mass is 10.1. The first-order chi connectivity index (χ1) is 10.1. The number of aromatic carboxylic acids is 1. The topological polar surface area (TPSA) is 63.3 Å². The van der Waals surface area contributed by atoms with Crippen molar-refractivity contribution in [1.29, 1.82) is 0 Å². The number of aromatic nitrogens is 1. The maximum absolute atomic E-state index is 11.4. The lowest BCUT2D eigenvalue weighted by molar-refractivity contribution is 0.0691. The van der Waals surface area contributed by atoms with Gasteiger partial charge in [-0.3, -0.25) is 0 Å². The smallest absolute Gasteiger partial charge is 0.358 e. The van der Waals surface area contributed by atoms with Crippen LogP contribution >= 0.6 is 49.9 Å². The van der Waals surface area contributed by atoms with Crippen molar-refractivity contribution < 1.29 is 14.3 Å². The van der Waals surface area contributed by atoms with E-state index in [9.17, 15) is 9.90 Å². The maximum Gasteiger partial charge on any atom is 0.358 e. The fourth-order valence-corrected chi connectivity index (χ4v) is 3.42. The first-order valence-electron chi connectivity index (χ1n) is 5.79. The Morgan fingerprint density at radius 1 is 1.38 bits per heavy atom. The lowest BCUT2D eigenvalue weighted by Gasteiger charge is -2.02. The number of halogens is 2. The molecule has 1 aromatic carbocycles. The Balaban J connectivity index is 2.21. The van der Waals surface area contributed by atoms with E-state index >= 15 is 0 Å². The third kappa shape index (κ3) is 2.90. The Hall–Kier alpha value is -1.19. The molecule has 4 nitrogen and oxygen atoms in total. The molecule has 1 N–H and O–H groups in total. The summed E-state index contributed by atoms with van der Waals surface area (Å²) in [5, 5.41) is 11.3. The molecule has 106 valence electrons. The molecule has 0 amide bonds. The molecule has 3 aromatic rings. The molecule has 21 heavy (non-hydrogen) atoms. The molecule has 7 heteroatoms. The van der Waals surface area contributed by atoms with Crippen LogP contribution in [0.15, 0.2) is 44.6 Å². The zero-order chi connectivity index (χ0) is 15.0. The van der Waals surface area contributed by atoms with E-state index < -0.39 is 5.97 Å². The van der Waals surface area contributed by atoms with Crippen LogP contribution in [0.3, 0.4) is 0 Å². The number of hydrogen-bond donors (Lipinski definition) is 1. The van der Waals surface area contributed by atoms with E-state index in [1.165, 1.54) is 11.3 Å². The van der Waals surface area contributed by atoms with Gasteiger partial charge < -0.3 is 9.52 Å². The highest BCUT2D eigenvalue weighted by atomic mass is 127. The average Bonchev–Trinajstić information content (AvgIpc) is 3.09. The van der Waals surface area contributed by atoms with Crippen LogP contribution in [-0.2, 0) is 0 Å². The molecule has 0 saturated carbocycles. The van der Waals surface area contributed by atoms with Gasteiger partial charge in [-0.2, -0.15) is 0 Å². The molecule has 2 heterocycles. The summed E-state index contributed by atoms with van der Waals surface area (Å²) in [4.78, 5) is 16.4. The number of carbonyl (C=O) groups is 1. The van der Waals surface area contributed by atoms with E-state index in [1.54, 1.807) is 0 Å². The van der Waals surface area contributed by atoms with Gasteiger partial charge in [0.05, 0.1) is 4.88 Å². The number of carboxylic acids is 1. The van der Waals surface area contributed by atoms with Gasteiger partial charge in [0.2, 0.25) is 5.89 Å². The standard InChI is InChI=1S/C14H7BrINO3S/c15-7-3-4-9(16)8(6-7)12-11(14(18)19)17-13(20-12)10-2-1-5-21-10/h1-6H,(H,18,19). The van der Waals surface area contributed by atoms with Crippen LogP contribution in [0, 0.1) is 3.57 Å². The van der Waals surface area contributed by atoms with Crippen molar-refractivity contribution in [2.24, 2.45) is 0 Å². The summed E-state index contributed by atoms with van der Waals surface area (Å²) in [6.07, 6.45) is 0. The molecule has 0 atom stereocenters. The second-order valence-corrected chi connectivity index (χ2v) is 7.13. The molecule has 0 aliphatic rings. The summed E-state index contributed by atoms with van der Waals surface area (Å²) >= 11 is 6.99. The summed E-state index contributed by atoms with van der Waals surface area (Å²) in [5.74, 6) is -0.503. The Labute approximate surface area is 146 Å². The zero-order valence-electron chi connectivity index (χ0n) is 10.3. The third-order valence-corrected chi connectivity index (χ3v) is 5.03. The summed E-state index contributed by atoms with van der Waals surface area (Å²) in [7, 11) is 0. The van der Waals surface area contributed by atoms with Crippen LogP contribution in [-0.4, -0.2) is 16.1 Å². The maximum atomic E-state index is 11.4. The van der Waals surface area contributed by atoms with Gasteiger partial charge in [0.1, 0.15) is 0 Å². The molecule has 0 spiro atoms. The van der Waals surface area contributed by atoms with Gasteiger partial charge in [0.15, 0.2) is 11.5 Å². The van der Waals surface area contributed by atoms with Gasteiger partial charge in [-0.05, 0) is 52.2 Å². The van der Waals surface area contributed by atoms with Crippen molar-refractivity contribution in [2.45, 2.75) is 0 Å². The van der Waals surface area contributed by atoms with Gasteiger partial charge in [-0.15, -0.1) is 11.3 Å². The normalized spacial score (nSPS) is 10.8. The monoisotopic (exact) mass is 475 g/mol. The Morgan fingerprint density at radius 3 is 2.86 bits per heavy atom. The molecule has 0 radical (unpaired) electrons. The van der Waals surface area contributed by atoms with Gasteiger partial charge in [-0.1, -0.05) is 22.0 Å². The number of thiophene rings is 1. The minimum absolute atomic E-state index is 0.0746. The van der Waals surface area contributed by atoms with Crippen molar-refractivity contribution in [3.63, 3.8) is 0 Å². The SMILES string of the molecule is O=C(O)c1nc(-c2cccs2)oc1-c1cc(Br)ccc1I. The minimum atomic E-state index is -1.10. The van der Waals surface area contributed by atoms with E-state index in [0.29, 0.717) is 11.5 Å². The van der Waals surface area contributed by atoms with Crippen LogP contribution in [0.4, 0.5) is 0 Å². The molecule has 0 saturated heterocycles. The van der Waals surface area contributed by atoms with E-state index in [-0.39, 0.29) is 11.5 Å². The predicted octanol–water partition coefficient (Wildman–Crippen LogP) is 5.14. The lowest BCUT2D eigenvalue weighted by Crippen LogP contribution is -1.99. The molecule has 0 fully saturated rings. The predicted molar refractivity (Wildman–Crippen MR) is 92.6 cm³/mol. The van der Waals surface area contributed by atoms with Crippen LogP contribution < -0.4 is 0 Å². The van der Waals surface area contributed by atoms with Crippen molar-refractivity contribution >= 4 is 55.8 Å². The van der Waals surface area contributed by atoms with Crippen LogP contribution in [0.2, 0.25) is 0 Å². The highest BCUT2D eigenvalue weighted by Crippen LogP contribution is 2.35. The van der Waals surface area contributed by atoms with Crippen molar-refractivity contribution in [3.8, 4) is 22.1 Å². The molecule has 0 aliphatic heterocycles. The van der Waals surface area contributed by atoms with Crippen molar-refractivity contribution in [3.05, 3.63) is 49.4 Å². The fraction of sp³-hybridized carbons (Fsp3) is 0. The van der Waals surface area contributed by atoms with Gasteiger partial charge in [0.25, 0.3) is 0 Å². The number of benzene rings is 1. The summed E-state index contributed by atoms with van der Waals surface area (Å²) in [5.41, 5.74) is 0.632. The Bertz CT molecular complexity index is 814. The molecular weight excluding hydrogens is 469 g/mol. The molecule has 0 unspecified atom stereocenters. The summed E-state index contributed by atoms with van der Waals surface area (Å²) in [6.45, 7) is 0. The van der Waals surface area contributed by atoms with Crippen LogP contribution in [0.25, 0.3) is 22.1 Å². The number of hydrogen-bond acceptors (Lipinski definition) is 4. The van der Waals surface area contributed by atoms with Crippen LogP contribution in [0.1, 0.15) is 10.5 Å². The first-order valence-corrected chi connectivity index (χ1v) is 8.55. The molecular formula is C14H7BrINO3S. The quantitative estimate of drug-likeness (QED) is 0.533. The Morgan fingerprint density at radius 2 is 2.19 bits per heavy atom. The Kier molecular flexibility index (Phi) is 4.14. The second kappa shape index (κ2) is 5.90.